The predicted octanol–water partition coefficient (Wildman–Crippen LogP) is 4.28. The van der Waals surface area contributed by atoms with Crippen LogP contribution in [0.3, 0.4) is 0 Å². The number of hydrogen-bond donors (Lipinski definition) is 1. The molecule has 0 aliphatic heterocycles. The van der Waals surface area contributed by atoms with E-state index in [2.05, 4.69) is 19.9 Å². The summed E-state index contributed by atoms with van der Waals surface area (Å²) in [6.07, 6.45) is 8.09. The number of rotatable bonds is 0. The summed E-state index contributed by atoms with van der Waals surface area (Å²) in [6, 6.07) is 6.06. The van der Waals surface area contributed by atoms with Gasteiger partial charge in [0.2, 0.25) is 0 Å². The van der Waals surface area contributed by atoms with E-state index in [9.17, 15) is 5.11 Å². The summed E-state index contributed by atoms with van der Waals surface area (Å²) >= 11 is 0. The normalized spacial score (nSPS) is 24.8. The highest BCUT2D eigenvalue weighted by Gasteiger charge is 2.47. The van der Waals surface area contributed by atoms with Crippen molar-refractivity contribution < 1.29 is 5.11 Å². The second-order valence-corrected chi connectivity index (χ2v) is 6.63. The molecule has 1 heteroatoms. The molecule has 1 saturated carbocycles. The minimum absolute atomic E-state index is 0.228. The molecule has 0 unspecified atom stereocenters. The SMILES string of the molecule is CC1(C)CC2(CCCCC2)c2ccc(O)cc21. The van der Waals surface area contributed by atoms with Crippen molar-refractivity contribution in [3.8, 4) is 5.75 Å². The molecule has 0 amide bonds. The van der Waals surface area contributed by atoms with Gasteiger partial charge in [0.1, 0.15) is 5.75 Å². The predicted molar refractivity (Wildman–Crippen MR) is 70.5 cm³/mol. The van der Waals surface area contributed by atoms with Crippen LogP contribution in [0.4, 0.5) is 0 Å². The maximum atomic E-state index is 9.72. The maximum Gasteiger partial charge on any atom is 0.115 e. The molecule has 2 aliphatic carbocycles. The molecule has 0 heterocycles. The van der Waals surface area contributed by atoms with E-state index in [1.54, 1.807) is 0 Å². The molecule has 1 spiro atoms. The lowest BCUT2D eigenvalue weighted by Crippen LogP contribution is -2.28. The summed E-state index contributed by atoms with van der Waals surface area (Å²) in [6.45, 7) is 4.66. The molecule has 0 atom stereocenters. The van der Waals surface area contributed by atoms with Crippen molar-refractivity contribution in [2.24, 2.45) is 0 Å². The van der Waals surface area contributed by atoms with Gasteiger partial charge in [0.15, 0.2) is 0 Å². The average molecular weight is 230 g/mol. The van der Waals surface area contributed by atoms with Crippen LogP contribution < -0.4 is 0 Å². The van der Waals surface area contributed by atoms with Crippen molar-refractivity contribution in [2.75, 3.05) is 0 Å². The van der Waals surface area contributed by atoms with Gasteiger partial charge in [-0.15, -0.1) is 0 Å². The van der Waals surface area contributed by atoms with Gasteiger partial charge in [0, 0.05) is 0 Å². The zero-order chi connectivity index (χ0) is 12.1. The summed E-state index contributed by atoms with van der Waals surface area (Å²) < 4.78 is 0. The highest BCUT2D eigenvalue weighted by molar-refractivity contribution is 5.49. The third kappa shape index (κ3) is 1.59. The first-order valence-electron chi connectivity index (χ1n) is 6.88. The summed E-state index contributed by atoms with van der Waals surface area (Å²) in [4.78, 5) is 0. The molecule has 1 aromatic carbocycles. The van der Waals surface area contributed by atoms with Crippen molar-refractivity contribution in [3.05, 3.63) is 29.3 Å². The van der Waals surface area contributed by atoms with Crippen LogP contribution in [0, 0.1) is 0 Å². The monoisotopic (exact) mass is 230 g/mol. The van der Waals surface area contributed by atoms with Crippen LogP contribution in [0.2, 0.25) is 0 Å². The zero-order valence-electron chi connectivity index (χ0n) is 10.9. The van der Waals surface area contributed by atoms with E-state index >= 15 is 0 Å². The number of phenols is 1. The summed E-state index contributed by atoms with van der Waals surface area (Å²) in [5.74, 6) is 0.421. The van der Waals surface area contributed by atoms with Gasteiger partial charge < -0.3 is 5.11 Å². The number of hydrogen-bond acceptors (Lipinski definition) is 1. The second-order valence-electron chi connectivity index (χ2n) is 6.63. The Kier molecular flexibility index (Phi) is 2.30. The van der Waals surface area contributed by atoms with Gasteiger partial charge in [0.05, 0.1) is 0 Å². The Bertz CT molecular complexity index is 439. The van der Waals surface area contributed by atoms with Crippen LogP contribution in [0.15, 0.2) is 18.2 Å². The van der Waals surface area contributed by atoms with Gasteiger partial charge in [0.25, 0.3) is 0 Å². The fourth-order valence-corrected chi connectivity index (χ4v) is 4.27. The van der Waals surface area contributed by atoms with Crippen LogP contribution in [0.5, 0.6) is 5.75 Å². The van der Waals surface area contributed by atoms with Crippen LogP contribution in [-0.2, 0) is 10.8 Å². The van der Waals surface area contributed by atoms with Crippen LogP contribution in [0.25, 0.3) is 0 Å². The standard InChI is InChI=1S/C16H22O/c1-15(2)11-16(8-4-3-5-9-16)13-7-6-12(17)10-14(13)15/h6-7,10,17H,3-5,8-9,11H2,1-2H3. The number of benzene rings is 1. The molecule has 0 saturated heterocycles. The van der Waals surface area contributed by atoms with Crippen molar-refractivity contribution >= 4 is 0 Å². The summed E-state index contributed by atoms with van der Waals surface area (Å²) in [5, 5.41) is 9.72. The highest BCUT2D eigenvalue weighted by atomic mass is 16.3. The molecule has 0 bridgehead atoms. The average Bonchev–Trinajstić information content (AvgIpc) is 2.48. The Hall–Kier alpha value is -0.980. The molecular formula is C16H22O. The van der Waals surface area contributed by atoms with E-state index < -0.39 is 0 Å². The van der Waals surface area contributed by atoms with E-state index in [-0.39, 0.29) is 5.41 Å². The molecule has 17 heavy (non-hydrogen) atoms. The Morgan fingerprint density at radius 1 is 1.00 bits per heavy atom. The molecule has 1 nitrogen and oxygen atoms in total. The van der Waals surface area contributed by atoms with Crippen molar-refractivity contribution in [3.63, 3.8) is 0 Å². The fourth-order valence-electron chi connectivity index (χ4n) is 4.27. The Morgan fingerprint density at radius 2 is 1.71 bits per heavy atom. The van der Waals surface area contributed by atoms with E-state index in [4.69, 9.17) is 0 Å². The van der Waals surface area contributed by atoms with Crippen molar-refractivity contribution in [1.29, 1.82) is 0 Å². The molecular weight excluding hydrogens is 208 g/mol. The van der Waals surface area contributed by atoms with Gasteiger partial charge in [-0.05, 0) is 53.4 Å². The highest BCUT2D eigenvalue weighted by Crippen LogP contribution is 2.56. The first-order chi connectivity index (χ1) is 8.04. The Labute approximate surface area is 104 Å². The van der Waals surface area contributed by atoms with Gasteiger partial charge >= 0.3 is 0 Å². The molecule has 92 valence electrons. The van der Waals surface area contributed by atoms with E-state index in [0.29, 0.717) is 11.2 Å². The third-order valence-electron chi connectivity index (χ3n) is 4.89. The van der Waals surface area contributed by atoms with Crippen LogP contribution in [-0.4, -0.2) is 5.11 Å². The molecule has 1 N–H and O–H groups in total. The van der Waals surface area contributed by atoms with Crippen molar-refractivity contribution in [1.82, 2.24) is 0 Å². The molecule has 3 rings (SSSR count). The quantitative estimate of drug-likeness (QED) is 0.705. The lowest BCUT2D eigenvalue weighted by Gasteiger charge is -2.35. The third-order valence-corrected chi connectivity index (χ3v) is 4.89. The Balaban J connectivity index is 2.13. The smallest absolute Gasteiger partial charge is 0.115 e. The largest absolute Gasteiger partial charge is 0.508 e. The number of phenolic OH excluding ortho intramolecular Hbond substituents is 1. The van der Waals surface area contributed by atoms with Crippen molar-refractivity contribution in [2.45, 2.75) is 63.2 Å². The van der Waals surface area contributed by atoms with Crippen LogP contribution >= 0.6 is 0 Å². The van der Waals surface area contributed by atoms with Gasteiger partial charge in [-0.1, -0.05) is 39.2 Å². The number of aromatic hydroxyl groups is 1. The topological polar surface area (TPSA) is 20.2 Å². The lowest BCUT2D eigenvalue weighted by atomic mass is 9.69. The lowest BCUT2D eigenvalue weighted by molar-refractivity contribution is 0.257. The van der Waals surface area contributed by atoms with Crippen LogP contribution in [0.1, 0.15) is 63.5 Å². The molecule has 1 fully saturated rings. The van der Waals surface area contributed by atoms with E-state index in [1.807, 2.05) is 12.1 Å². The van der Waals surface area contributed by atoms with Gasteiger partial charge in [-0.2, -0.15) is 0 Å². The number of fused-ring (bicyclic) bond motifs is 2. The molecule has 0 aromatic heterocycles. The summed E-state index contributed by atoms with van der Waals surface area (Å²) in [5.41, 5.74) is 3.57. The zero-order valence-corrected chi connectivity index (χ0v) is 10.9. The minimum Gasteiger partial charge on any atom is -0.508 e. The minimum atomic E-state index is 0.228. The van der Waals surface area contributed by atoms with Gasteiger partial charge in [-0.25, -0.2) is 0 Å². The van der Waals surface area contributed by atoms with E-state index in [1.165, 1.54) is 49.7 Å². The second kappa shape index (κ2) is 3.51. The van der Waals surface area contributed by atoms with E-state index in [0.717, 1.165) is 0 Å². The molecule has 2 aliphatic rings. The summed E-state index contributed by atoms with van der Waals surface area (Å²) in [7, 11) is 0. The first kappa shape index (κ1) is 11.1. The maximum absolute atomic E-state index is 9.72. The fraction of sp³-hybridized carbons (Fsp3) is 0.625. The molecule has 1 aromatic rings. The van der Waals surface area contributed by atoms with Gasteiger partial charge in [-0.3, -0.25) is 0 Å². The first-order valence-corrected chi connectivity index (χ1v) is 6.88. The Morgan fingerprint density at radius 3 is 2.41 bits per heavy atom. The molecule has 0 radical (unpaired) electrons.